The molecule has 72 valence electrons. The summed E-state index contributed by atoms with van der Waals surface area (Å²) >= 11 is 1.52. The van der Waals surface area contributed by atoms with Gasteiger partial charge in [0, 0.05) is 13.2 Å². The molecule has 1 saturated heterocycles. The molecule has 1 fully saturated rings. The Bertz CT molecular complexity index is 234. The monoisotopic (exact) mass is 199 g/mol. The fourth-order valence-corrected chi connectivity index (χ4v) is 1.87. The normalized spacial score (nSPS) is 22.9. The first-order valence-electron chi connectivity index (χ1n) is 4.57. The average Bonchev–Trinajstić information content (AvgIpc) is 2.69. The molecule has 1 unspecified atom stereocenters. The maximum Gasteiger partial charge on any atom is 0.205 e. The van der Waals surface area contributed by atoms with E-state index in [0.29, 0.717) is 6.10 Å². The zero-order valence-electron chi connectivity index (χ0n) is 7.40. The average molecular weight is 199 g/mol. The van der Waals surface area contributed by atoms with Crippen molar-refractivity contribution < 1.29 is 4.74 Å². The number of anilines is 1. The van der Waals surface area contributed by atoms with E-state index in [1.807, 2.05) is 0 Å². The van der Waals surface area contributed by atoms with Gasteiger partial charge in [0.2, 0.25) is 5.13 Å². The zero-order chi connectivity index (χ0) is 8.93. The Morgan fingerprint density at radius 3 is 3.31 bits per heavy atom. The van der Waals surface area contributed by atoms with Gasteiger partial charge >= 0.3 is 0 Å². The third-order valence-electron chi connectivity index (χ3n) is 2.11. The lowest BCUT2D eigenvalue weighted by atomic mass is 10.1. The molecule has 2 rings (SSSR count). The van der Waals surface area contributed by atoms with E-state index in [4.69, 9.17) is 4.74 Å². The van der Waals surface area contributed by atoms with Gasteiger partial charge in [0.05, 0.1) is 6.10 Å². The van der Waals surface area contributed by atoms with Crippen LogP contribution in [0.3, 0.4) is 0 Å². The molecule has 1 aliphatic rings. The van der Waals surface area contributed by atoms with Crippen molar-refractivity contribution in [3.05, 3.63) is 5.51 Å². The van der Waals surface area contributed by atoms with Gasteiger partial charge in [-0.1, -0.05) is 11.3 Å². The summed E-state index contributed by atoms with van der Waals surface area (Å²) < 4.78 is 5.57. The second kappa shape index (κ2) is 4.53. The summed E-state index contributed by atoms with van der Waals surface area (Å²) in [5.74, 6) is 0. The van der Waals surface area contributed by atoms with Crippen LogP contribution in [0.15, 0.2) is 5.51 Å². The first-order valence-corrected chi connectivity index (χ1v) is 5.45. The largest absolute Gasteiger partial charge is 0.376 e. The molecule has 1 aromatic rings. The molecular weight excluding hydrogens is 186 g/mol. The summed E-state index contributed by atoms with van der Waals surface area (Å²) in [6.07, 6.45) is 4.00. The van der Waals surface area contributed by atoms with Crippen LogP contribution in [0.1, 0.15) is 19.3 Å². The van der Waals surface area contributed by atoms with Crippen molar-refractivity contribution in [3.63, 3.8) is 0 Å². The molecule has 0 aliphatic carbocycles. The predicted octanol–water partition coefficient (Wildman–Crippen LogP) is 1.52. The summed E-state index contributed by atoms with van der Waals surface area (Å²) in [7, 11) is 0. The van der Waals surface area contributed by atoms with Gasteiger partial charge in [-0.15, -0.1) is 10.2 Å². The Balaban J connectivity index is 1.72. The van der Waals surface area contributed by atoms with E-state index >= 15 is 0 Å². The molecular formula is C8H13N3OS. The van der Waals surface area contributed by atoms with Crippen LogP contribution in [0.25, 0.3) is 0 Å². The molecule has 0 saturated carbocycles. The van der Waals surface area contributed by atoms with Crippen LogP contribution in [0, 0.1) is 0 Å². The maximum atomic E-state index is 5.57. The van der Waals surface area contributed by atoms with Crippen molar-refractivity contribution in [1.82, 2.24) is 10.2 Å². The van der Waals surface area contributed by atoms with E-state index in [1.165, 1.54) is 24.2 Å². The van der Waals surface area contributed by atoms with Crippen molar-refractivity contribution in [2.75, 3.05) is 18.5 Å². The minimum Gasteiger partial charge on any atom is -0.376 e. The van der Waals surface area contributed by atoms with Gasteiger partial charge in [0.25, 0.3) is 0 Å². The highest BCUT2D eigenvalue weighted by molar-refractivity contribution is 7.13. The molecule has 0 spiro atoms. The highest BCUT2D eigenvalue weighted by Crippen LogP contribution is 2.14. The number of aromatic nitrogens is 2. The van der Waals surface area contributed by atoms with Gasteiger partial charge < -0.3 is 10.1 Å². The Kier molecular flexibility index (Phi) is 3.10. The van der Waals surface area contributed by atoms with E-state index in [2.05, 4.69) is 15.5 Å². The standard InChI is InChI=1S/C8H13N3OS/c1-2-4-12-7(3-1)5-9-8-11-10-6-13-8/h6-7H,1-5H2,(H,9,11). The second-order valence-corrected chi connectivity index (χ2v) is 3.95. The Morgan fingerprint density at radius 1 is 1.62 bits per heavy atom. The van der Waals surface area contributed by atoms with Crippen LogP contribution in [0.5, 0.6) is 0 Å². The number of hydrogen-bond acceptors (Lipinski definition) is 5. The van der Waals surface area contributed by atoms with Gasteiger partial charge in [-0.25, -0.2) is 0 Å². The van der Waals surface area contributed by atoms with Crippen molar-refractivity contribution in [2.45, 2.75) is 25.4 Å². The number of rotatable bonds is 3. The minimum atomic E-state index is 0.359. The maximum absolute atomic E-state index is 5.57. The van der Waals surface area contributed by atoms with Crippen molar-refractivity contribution in [2.24, 2.45) is 0 Å². The van der Waals surface area contributed by atoms with E-state index in [1.54, 1.807) is 5.51 Å². The van der Waals surface area contributed by atoms with E-state index < -0.39 is 0 Å². The Labute approximate surface area is 81.3 Å². The molecule has 5 heteroatoms. The molecule has 0 amide bonds. The van der Waals surface area contributed by atoms with Gasteiger partial charge in [0.1, 0.15) is 5.51 Å². The molecule has 1 aromatic heterocycles. The molecule has 1 aliphatic heterocycles. The molecule has 0 radical (unpaired) electrons. The number of nitrogens with zero attached hydrogens (tertiary/aromatic N) is 2. The van der Waals surface area contributed by atoms with Crippen LogP contribution in [-0.4, -0.2) is 29.5 Å². The second-order valence-electron chi connectivity index (χ2n) is 3.11. The highest BCUT2D eigenvalue weighted by Gasteiger charge is 2.13. The molecule has 0 aromatic carbocycles. The molecule has 4 nitrogen and oxygen atoms in total. The Morgan fingerprint density at radius 2 is 2.62 bits per heavy atom. The fraction of sp³-hybridized carbons (Fsp3) is 0.750. The first-order chi connectivity index (χ1) is 6.45. The fourth-order valence-electron chi connectivity index (χ4n) is 1.42. The highest BCUT2D eigenvalue weighted by atomic mass is 32.1. The van der Waals surface area contributed by atoms with Crippen LogP contribution in [0.4, 0.5) is 5.13 Å². The summed E-state index contributed by atoms with van der Waals surface area (Å²) in [5.41, 5.74) is 1.73. The first kappa shape index (κ1) is 8.90. The van der Waals surface area contributed by atoms with Gasteiger partial charge in [-0.2, -0.15) is 0 Å². The van der Waals surface area contributed by atoms with Crippen LogP contribution in [-0.2, 0) is 4.74 Å². The lowest BCUT2D eigenvalue weighted by molar-refractivity contribution is 0.0247. The number of ether oxygens (including phenoxy) is 1. The lowest BCUT2D eigenvalue weighted by Crippen LogP contribution is -2.26. The van der Waals surface area contributed by atoms with Crippen LogP contribution in [0.2, 0.25) is 0 Å². The lowest BCUT2D eigenvalue weighted by Gasteiger charge is -2.22. The third-order valence-corrected chi connectivity index (χ3v) is 2.76. The topological polar surface area (TPSA) is 47.0 Å². The molecule has 1 atom stereocenters. The number of hydrogen-bond donors (Lipinski definition) is 1. The minimum absolute atomic E-state index is 0.359. The summed E-state index contributed by atoms with van der Waals surface area (Å²) in [5, 5.41) is 11.8. The van der Waals surface area contributed by atoms with Crippen LogP contribution < -0.4 is 5.32 Å². The van der Waals surface area contributed by atoms with Gasteiger partial charge in [0.15, 0.2) is 0 Å². The van der Waals surface area contributed by atoms with E-state index in [9.17, 15) is 0 Å². The predicted molar refractivity (Wildman–Crippen MR) is 52.0 cm³/mol. The summed E-state index contributed by atoms with van der Waals surface area (Å²) in [6.45, 7) is 1.76. The number of nitrogens with one attached hydrogen (secondary N) is 1. The smallest absolute Gasteiger partial charge is 0.205 e. The van der Waals surface area contributed by atoms with Crippen molar-refractivity contribution in [3.8, 4) is 0 Å². The zero-order valence-corrected chi connectivity index (χ0v) is 8.22. The van der Waals surface area contributed by atoms with Crippen molar-refractivity contribution >= 4 is 16.5 Å². The summed E-state index contributed by atoms with van der Waals surface area (Å²) in [6, 6.07) is 0. The van der Waals surface area contributed by atoms with E-state index in [0.717, 1.165) is 24.7 Å². The van der Waals surface area contributed by atoms with Gasteiger partial charge in [-0.05, 0) is 19.3 Å². The third kappa shape index (κ3) is 2.63. The quantitative estimate of drug-likeness (QED) is 0.801. The SMILES string of the molecule is c1nnc(NCC2CCCCO2)s1. The van der Waals surface area contributed by atoms with Crippen LogP contribution >= 0.6 is 11.3 Å². The van der Waals surface area contributed by atoms with E-state index in [-0.39, 0.29) is 0 Å². The van der Waals surface area contributed by atoms with Crippen molar-refractivity contribution in [1.29, 1.82) is 0 Å². The summed E-state index contributed by atoms with van der Waals surface area (Å²) in [4.78, 5) is 0. The Hall–Kier alpha value is -0.680. The molecule has 0 bridgehead atoms. The molecule has 1 N–H and O–H groups in total. The van der Waals surface area contributed by atoms with Gasteiger partial charge in [-0.3, -0.25) is 0 Å². The molecule has 13 heavy (non-hydrogen) atoms. The molecule has 2 heterocycles.